The number of para-hydroxylation sites is 2. The Balaban J connectivity index is 1.50. The normalized spacial score (nSPS) is 16.1. The number of hydrogen-bond acceptors (Lipinski definition) is 7. The highest BCUT2D eigenvalue weighted by Crippen LogP contribution is 2.34. The van der Waals surface area contributed by atoms with Crippen LogP contribution in [0.15, 0.2) is 48.5 Å². The fraction of sp³-hybridized carbons (Fsp3) is 0.300. The summed E-state index contributed by atoms with van der Waals surface area (Å²) in [5.74, 6) is 0. The molecule has 0 atom stereocenters. The van der Waals surface area contributed by atoms with Crippen LogP contribution < -0.4 is 9.80 Å². The predicted octanol–water partition coefficient (Wildman–Crippen LogP) is 4.82. The maximum atomic E-state index is 4.88. The molecule has 138 valence electrons. The minimum atomic E-state index is 0.457. The van der Waals surface area contributed by atoms with Gasteiger partial charge in [-0.3, -0.25) is 4.90 Å². The van der Waals surface area contributed by atoms with Crippen LogP contribution in [0.2, 0.25) is 0 Å². The van der Waals surface area contributed by atoms with E-state index in [0.29, 0.717) is 6.04 Å². The van der Waals surface area contributed by atoms with Crippen LogP contribution in [0.4, 0.5) is 10.3 Å². The average Bonchev–Trinajstić information content (AvgIpc) is 3.31. The van der Waals surface area contributed by atoms with Gasteiger partial charge in [0, 0.05) is 6.04 Å². The zero-order valence-corrected chi connectivity index (χ0v) is 17.0. The predicted molar refractivity (Wildman–Crippen MR) is 116 cm³/mol. The largest absolute Gasteiger partial charge is 0.317 e. The van der Waals surface area contributed by atoms with Crippen molar-refractivity contribution in [3.8, 4) is 0 Å². The molecule has 1 fully saturated rings. The van der Waals surface area contributed by atoms with E-state index in [1.165, 1.54) is 9.40 Å². The molecule has 1 aliphatic heterocycles. The molecule has 3 heterocycles. The Kier molecular flexibility index (Phi) is 4.22. The van der Waals surface area contributed by atoms with E-state index in [0.717, 1.165) is 41.3 Å². The fourth-order valence-corrected chi connectivity index (χ4v) is 5.24. The SMILES string of the molecule is CC(C)N1CN(c2nc3ccccc3s2)CN(c2nc3ccccc3s2)C1. The van der Waals surface area contributed by atoms with Crippen molar-refractivity contribution in [3.05, 3.63) is 48.5 Å². The Morgan fingerprint density at radius 2 is 1.22 bits per heavy atom. The van der Waals surface area contributed by atoms with Gasteiger partial charge in [-0.25, -0.2) is 9.97 Å². The van der Waals surface area contributed by atoms with Crippen molar-refractivity contribution in [1.29, 1.82) is 0 Å². The highest BCUT2D eigenvalue weighted by Gasteiger charge is 2.28. The van der Waals surface area contributed by atoms with Gasteiger partial charge in [-0.1, -0.05) is 46.9 Å². The van der Waals surface area contributed by atoms with Gasteiger partial charge in [0.25, 0.3) is 0 Å². The van der Waals surface area contributed by atoms with Gasteiger partial charge in [0.1, 0.15) is 0 Å². The zero-order valence-electron chi connectivity index (χ0n) is 15.4. The first-order valence-electron chi connectivity index (χ1n) is 9.12. The summed E-state index contributed by atoms with van der Waals surface area (Å²) in [6, 6.07) is 17.2. The van der Waals surface area contributed by atoms with Crippen LogP contribution in [0, 0.1) is 0 Å². The summed E-state index contributed by atoms with van der Waals surface area (Å²) < 4.78 is 2.47. The Bertz CT molecular complexity index is 938. The van der Waals surface area contributed by atoms with Crippen LogP contribution in [-0.4, -0.2) is 40.9 Å². The summed E-state index contributed by atoms with van der Waals surface area (Å²) in [7, 11) is 0. The van der Waals surface area contributed by atoms with E-state index in [1.807, 2.05) is 0 Å². The van der Waals surface area contributed by atoms with Gasteiger partial charge in [0.2, 0.25) is 0 Å². The highest BCUT2D eigenvalue weighted by atomic mass is 32.1. The molecule has 1 saturated heterocycles. The van der Waals surface area contributed by atoms with Crippen molar-refractivity contribution in [3.63, 3.8) is 0 Å². The molecule has 0 N–H and O–H groups in total. The van der Waals surface area contributed by atoms with Crippen LogP contribution in [-0.2, 0) is 0 Å². The second kappa shape index (κ2) is 6.74. The highest BCUT2D eigenvalue weighted by molar-refractivity contribution is 7.22. The van der Waals surface area contributed by atoms with Crippen LogP contribution in [0.5, 0.6) is 0 Å². The third-order valence-electron chi connectivity index (χ3n) is 4.88. The number of fused-ring (bicyclic) bond motifs is 2. The lowest BCUT2D eigenvalue weighted by Crippen LogP contribution is -2.57. The second-order valence-electron chi connectivity index (χ2n) is 7.11. The number of rotatable bonds is 3. The van der Waals surface area contributed by atoms with Crippen molar-refractivity contribution >= 4 is 53.4 Å². The van der Waals surface area contributed by atoms with E-state index in [9.17, 15) is 0 Å². The molecule has 1 aliphatic rings. The monoisotopic (exact) mass is 395 g/mol. The molecule has 0 unspecified atom stereocenters. The van der Waals surface area contributed by atoms with E-state index in [4.69, 9.17) is 9.97 Å². The van der Waals surface area contributed by atoms with E-state index in [2.05, 4.69) is 77.1 Å². The lowest BCUT2D eigenvalue weighted by atomic mass is 10.3. The molecule has 0 spiro atoms. The standard InChI is InChI=1S/C20H21N5S2/c1-14(2)23-11-24(19-21-15-7-3-5-9-17(15)26-19)13-25(12-23)20-22-16-8-4-6-10-18(16)27-20/h3-10,14H,11-13H2,1-2H3. The zero-order chi connectivity index (χ0) is 18.4. The number of anilines is 2. The molecule has 4 aromatic rings. The van der Waals surface area contributed by atoms with Gasteiger partial charge in [0.15, 0.2) is 10.3 Å². The summed E-state index contributed by atoms with van der Waals surface area (Å²) in [5, 5.41) is 2.15. The summed E-state index contributed by atoms with van der Waals surface area (Å²) in [4.78, 5) is 16.9. The maximum absolute atomic E-state index is 4.88. The molecule has 0 aliphatic carbocycles. The molecule has 2 aromatic heterocycles. The number of aromatic nitrogens is 2. The first-order chi connectivity index (χ1) is 13.2. The Hall–Kier alpha value is -2.22. The lowest BCUT2D eigenvalue weighted by molar-refractivity contribution is 0.196. The number of thiazole rings is 2. The molecule has 0 bridgehead atoms. The quantitative estimate of drug-likeness (QED) is 0.497. The van der Waals surface area contributed by atoms with E-state index < -0.39 is 0 Å². The van der Waals surface area contributed by atoms with Crippen molar-refractivity contribution in [2.75, 3.05) is 29.8 Å². The summed E-state index contributed by atoms with van der Waals surface area (Å²) in [5.41, 5.74) is 2.15. The molecule has 5 nitrogen and oxygen atoms in total. The van der Waals surface area contributed by atoms with Gasteiger partial charge in [-0.2, -0.15) is 0 Å². The molecule has 2 aromatic carbocycles. The van der Waals surface area contributed by atoms with Crippen LogP contribution in [0.3, 0.4) is 0 Å². The lowest BCUT2D eigenvalue weighted by Gasteiger charge is -2.43. The topological polar surface area (TPSA) is 35.5 Å². The van der Waals surface area contributed by atoms with Gasteiger partial charge >= 0.3 is 0 Å². The van der Waals surface area contributed by atoms with Crippen LogP contribution in [0.25, 0.3) is 20.4 Å². The number of benzene rings is 2. The molecule has 7 heteroatoms. The van der Waals surface area contributed by atoms with Crippen LogP contribution in [0.1, 0.15) is 13.8 Å². The van der Waals surface area contributed by atoms with Crippen molar-refractivity contribution in [2.24, 2.45) is 0 Å². The smallest absolute Gasteiger partial charge is 0.188 e. The van der Waals surface area contributed by atoms with Crippen molar-refractivity contribution in [2.45, 2.75) is 19.9 Å². The van der Waals surface area contributed by atoms with E-state index >= 15 is 0 Å². The maximum Gasteiger partial charge on any atom is 0.188 e. The van der Waals surface area contributed by atoms with Crippen molar-refractivity contribution < 1.29 is 0 Å². The fourth-order valence-electron chi connectivity index (χ4n) is 3.34. The molecule has 27 heavy (non-hydrogen) atoms. The molecular weight excluding hydrogens is 374 g/mol. The minimum Gasteiger partial charge on any atom is -0.317 e. The number of nitrogens with zero attached hydrogens (tertiary/aromatic N) is 5. The second-order valence-corrected chi connectivity index (χ2v) is 9.13. The summed E-state index contributed by atoms with van der Waals surface area (Å²) in [6.45, 7) is 7.08. The molecule has 0 amide bonds. The molecular formula is C20H21N5S2. The molecule has 0 saturated carbocycles. The first kappa shape index (κ1) is 16.9. The third-order valence-corrected chi connectivity index (χ3v) is 7.08. The van der Waals surface area contributed by atoms with Crippen LogP contribution >= 0.6 is 22.7 Å². The minimum absolute atomic E-state index is 0.457. The summed E-state index contributed by atoms with van der Waals surface area (Å²) >= 11 is 3.53. The van der Waals surface area contributed by atoms with E-state index in [1.54, 1.807) is 22.7 Å². The Morgan fingerprint density at radius 1 is 0.741 bits per heavy atom. The Labute approximate surface area is 166 Å². The molecule has 5 rings (SSSR count). The third kappa shape index (κ3) is 3.16. The van der Waals surface area contributed by atoms with E-state index in [-0.39, 0.29) is 0 Å². The van der Waals surface area contributed by atoms with Gasteiger partial charge in [0.05, 0.1) is 40.4 Å². The van der Waals surface area contributed by atoms with Gasteiger partial charge in [-0.05, 0) is 38.1 Å². The first-order valence-corrected chi connectivity index (χ1v) is 10.8. The van der Waals surface area contributed by atoms with Crippen molar-refractivity contribution in [1.82, 2.24) is 14.9 Å². The molecule has 0 radical (unpaired) electrons. The summed E-state index contributed by atoms with van der Waals surface area (Å²) in [6.07, 6.45) is 0. The Morgan fingerprint density at radius 3 is 1.67 bits per heavy atom. The number of hydrogen-bond donors (Lipinski definition) is 0. The van der Waals surface area contributed by atoms with Gasteiger partial charge in [-0.15, -0.1) is 0 Å². The van der Waals surface area contributed by atoms with Gasteiger partial charge < -0.3 is 9.80 Å². The average molecular weight is 396 g/mol.